The van der Waals surface area contributed by atoms with E-state index < -0.39 is 0 Å². The van der Waals surface area contributed by atoms with Crippen molar-refractivity contribution in [2.24, 2.45) is 0 Å². The molecule has 1 fully saturated rings. The first-order valence-electron chi connectivity index (χ1n) is 3.21. The average molecular weight is 180 g/mol. The van der Waals surface area contributed by atoms with Gasteiger partial charge in [0.2, 0.25) is 5.91 Å². The summed E-state index contributed by atoms with van der Waals surface area (Å²) in [4.78, 5) is 12.5. The molecule has 1 aliphatic rings. The van der Waals surface area contributed by atoms with Crippen LogP contribution in [0.2, 0.25) is 0 Å². The maximum Gasteiger partial charge on any atom is 0.220 e. The van der Waals surface area contributed by atoms with Crippen molar-refractivity contribution in [1.29, 1.82) is 0 Å². The van der Waals surface area contributed by atoms with Crippen LogP contribution in [0, 0.1) is 0 Å². The smallest absolute Gasteiger partial charge is 0.220 e. The zero-order valence-electron chi connectivity index (χ0n) is 5.84. The van der Waals surface area contributed by atoms with Gasteiger partial charge in [0.15, 0.2) is 0 Å². The van der Waals surface area contributed by atoms with Crippen molar-refractivity contribution in [2.75, 3.05) is 18.1 Å². The molecule has 2 nitrogen and oxygen atoms in total. The Morgan fingerprint density at radius 1 is 1.80 bits per heavy atom. The number of halogens is 1. The van der Waals surface area contributed by atoms with Crippen molar-refractivity contribution < 1.29 is 4.79 Å². The van der Waals surface area contributed by atoms with Gasteiger partial charge in [-0.2, -0.15) is 11.8 Å². The van der Waals surface area contributed by atoms with Gasteiger partial charge in [-0.1, -0.05) is 11.6 Å². The predicted octanol–water partition coefficient (Wildman–Crippen LogP) is 1.15. The van der Waals surface area contributed by atoms with E-state index >= 15 is 0 Å². The standard InChI is InChI=1S/C6H10ClNOS/c1-5(9)8-2-3-10-4-6(8)7/h6H,2-4H2,1H3. The molecule has 0 N–H and O–H groups in total. The monoisotopic (exact) mass is 179 g/mol. The molecule has 58 valence electrons. The number of nitrogens with zero attached hydrogens (tertiary/aromatic N) is 1. The van der Waals surface area contributed by atoms with E-state index in [0.29, 0.717) is 0 Å². The lowest BCUT2D eigenvalue weighted by Crippen LogP contribution is -2.41. The number of thioether (sulfide) groups is 1. The molecule has 0 aromatic heterocycles. The molecular formula is C6H10ClNOS. The van der Waals surface area contributed by atoms with Crippen molar-refractivity contribution >= 4 is 29.3 Å². The summed E-state index contributed by atoms with van der Waals surface area (Å²) < 4.78 is 0. The quantitative estimate of drug-likeness (QED) is 0.411. The maximum atomic E-state index is 10.8. The number of carbonyl (C=O) groups is 1. The molecule has 10 heavy (non-hydrogen) atoms. The van der Waals surface area contributed by atoms with E-state index in [-0.39, 0.29) is 11.4 Å². The molecule has 0 bridgehead atoms. The average Bonchev–Trinajstić information content (AvgIpc) is 1.88. The van der Waals surface area contributed by atoms with E-state index in [1.807, 2.05) is 0 Å². The second kappa shape index (κ2) is 3.49. The summed E-state index contributed by atoms with van der Waals surface area (Å²) in [5.41, 5.74) is -0.0868. The molecule has 1 saturated heterocycles. The van der Waals surface area contributed by atoms with Gasteiger partial charge in [0.25, 0.3) is 0 Å². The summed E-state index contributed by atoms with van der Waals surface area (Å²) in [6, 6.07) is 0. The van der Waals surface area contributed by atoms with E-state index in [2.05, 4.69) is 0 Å². The summed E-state index contributed by atoms with van der Waals surface area (Å²) >= 11 is 7.66. The van der Waals surface area contributed by atoms with Crippen LogP contribution in [-0.4, -0.2) is 34.4 Å². The third-order valence-electron chi connectivity index (χ3n) is 1.47. The van der Waals surface area contributed by atoms with Gasteiger partial charge in [-0.15, -0.1) is 0 Å². The van der Waals surface area contributed by atoms with Crippen LogP contribution in [0.15, 0.2) is 0 Å². The van der Waals surface area contributed by atoms with Crippen LogP contribution < -0.4 is 0 Å². The number of amides is 1. The number of alkyl halides is 1. The van der Waals surface area contributed by atoms with Crippen molar-refractivity contribution in [3.63, 3.8) is 0 Å². The highest BCUT2D eigenvalue weighted by atomic mass is 35.5. The van der Waals surface area contributed by atoms with Gasteiger partial charge in [-0.05, 0) is 0 Å². The molecule has 4 heteroatoms. The van der Waals surface area contributed by atoms with Gasteiger partial charge < -0.3 is 4.90 Å². The summed E-state index contributed by atoms with van der Waals surface area (Å²) in [5, 5.41) is 0. The van der Waals surface area contributed by atoms with Crippen molar-refractivity contribution in [1.82, 2.24) is 4.90 Å². The first-order chi connectivity index (χ1) is 4.72. The summed E-state index contributed by atoms with van der Waals surface area (Å²) in [6.07, 6.45) is 0. The summed E-state index contributed by atoms with van der Waals surface area (Å²) in [6.45, 7) is 2.36. The molecule has 1 unspecified atom stereocenters. The van der Waals surface area contributed by atoms with Crippen LogP contribution in [0.25, 0.3) is 0 Å². The molecule has 0 saturated carbocycles. The van der Waals surface area contributed by atoms with Crippen LogP contribution in [0.5, 0.6) is 0 Å². The number of rotatable bonds is 0. The zero-order valence-corrected chi connectivity index (χ0v) is 7.41. The molecule has 0 spiro atoms. The summed E-state index contributed by atoms with van der Waals surface area (Å²) in [7, 11) is 0. The zero-order chi connectivity index (χ0) is 7.56. The molecule has 0 aromatic carbocycles. The van der Waals surface area contributed by atoms with Crippen LogP contribution in [-0.2, 0) is 4.79 Å². The van der Waals surface area contributed by atoms with Gasteiger partial charge in [-0.25, -0.2) is 0 Å². The highest BCUT2D eigenvalue weighted by molar-refractivity contribution is 7.99. The molecule has 0 radical (unpaired) electrons. The Morgan fingerprint density at radius 3 is 2.90 bits per heavy atom. The van der Waals surface area contributed by atoms with Crippen molar-refractivity contribution in [2.45, 2.75) is 12.4 Å². The fraction of sp³-hybridized carbons (Fsp3) is 0.833. The lowest BCUT2D eigenvalue weighted by Gasteiger charge is -2.30. The SMILES string of the molecule is CC(=O)N1CCSCC1Cl. The minimum Gasteiger partial charge on any atom is -0.325 e. The number of hydrogen-bond donors (Lipinski definition) is 0. The maximum absolute atomic E-state index is 10.8. The topological polar surface area (TPSA) is 20.3 Å². The molecule has 1 amide bonds. The third-order valence-corrected chi connectivity index (χ3v) is 3.07. The molecule has 0 aliphatic carbocycles. The molecule has 0 aromatic rings. The lowest BCUT2D eigenvalue weighted by atomic mass is 10.5. The van der Waals surface area contributed by atoms with Crippen molar-refractivity contribution in [3.05, 3.63) is 0 Å². The van der Waals surface area contributed by atoms with E-state index in [0.717, 1.165) is 18.1 Å². The lowest BCUT2D eigenvalue weighted by molar-refractivity contribution is -0.129. The second-order valence-electron chi connectivity index (χ2n) is 2.22. The summed E-state index contributed by atoms with van der Waals surface area (Å²) in [5.74, 6) is 1.96. The largest absolute Gasteiger partial charge is 0.325 e. The highest BCUT2D eigenvalue weighted by Gasteiger charge is 2.21. The fourth-order valence-electron chi connectivity index (χ4n) is 0.928. The minimum atomic E-state index is -0.0868. The Hall–Kier alpha value is 0.110. The first kappa shape index (κ1) is 8.21. The first-order valence-corrected chi connectivity index (χ1v) is 4.80. The predicted molar refractivity (Wildman–Crippen MR) is 44.4 cm³/mol. The molecule has 1 heterocycles. The Morgan fingerprint density at radius 2 is 2.50 bits per heavy atom. The van der Waals surface area contributed by atoms with Gasteiger partial charge in [0, 0.05) is 25.0 Å². The Kier molecular flexibility index (Phi) is 2.86. The van der Waals surface area contributed by atoms with Crippen molar-refractivity contribution in [3.8, 4) is 0 Å². The van der Waals surface area contributed by atoms with Crippen LogP contribution >= 0.6 is 23.4 Å². The van der Waals surface area contributed by atoms with Gasteiger partial charge in [-0.3, -0.25) is 4.79 Å². The molecule has 1 atom stereocenters. The van der Waals surface area contributed by atoms with Crippen LogP contribution in [0.4, 0.5) is 0 Å². The Balaban J connectivity index is 2.47. The van der Waals surface area contributed by atoms with Gasteiger partial charge in [0.1, 0.15) is 5.50 Å². The highest BCUT2D eigenvalue weighted by Crippen LogP contribution is 2.18. The second-order valence-corrected chi connectivity index (χ2v) is 3.88. The molecule has 1 rings (SSSR count). The Labute approximate surface area is 69.9 Å². The van der Waals surface area contributed by atoms with Crippen LogP contribution in [0.3, 0.4) is 0 Å². The Bertz CT molecular complexity index is 142. The number of carbonyl (C=O) groups excluding carboxylic acids is 1. The number of hydrogen-bond acceptors (Lipinski definition) is 2. The van der Waals surface area contributed by atoms with Gasteiger partial charge in [0.05, 0.1) is 0 Å². The molecule has 1 aliphatic heterocycles. The van der Waals surface area contributed by atoms with E-state index in [9.17, 15) is 4.79 Å². The normalized spacial score (nSPS) is 26.6. The minimum absolute atomic E-state index is 0.0836. The fourth-order valence-corrected chi connectivity index (χ4v) is 2.30. The van der Waals surface area contributed by atoms with Gasteiger partial charge >= 0.3 is 0 Å². The third kappa shape index (κ3) is 1.80. The molecular weight excluding hydrogens is 170 g/mol. The van der Waals surface area contributed by atoms with E-state index in [4.69, 9.17) is 11.6 Å². The van der Waals surface area contributed by atoms with Crippen LogP contribution in [0.1, 0.15) is 6.92 Å². The van der Waals surface area contributed by atoms with E-state index in [1.165, 1.54) is 0 Å². The van der Waals surface area contributed by atoms with E-state index in [1.54, 1.807) is 23.6 Å².